The number of aromatic nitrogens is 1. The van der Waals surface area contributed by atoms with E-state index in [0.717, 1.165) is 11.5 Å². The number of aromatic hydroxyl groups is 1. The lowest BCUT2D eigenvalue weighted by Crippen LogP contribution is -2.14. The van der Waals surface area contributed by atoms with E-state index in [1.54, 1.807) is 35.7 Å². The van der Waals surface area contributed by atoms with Crippen LogP contribution in [0.2, 0.25) is 0 Å². The first kappa shape index (κ1) is 24.6. The average Bonchev–Trinajstić information content (AvgIpc) is 3.40. The molecular weight excluding hydrogens is 492 g/mol. The molecule has 6 nitrogen and oxygen atoms in total. The molecule has 1 aliphatic rings. The highest BCUT2D eigenvalue weighted by Crippen LogP contribution is 2.39. The lowest BCUT2D eigenvalue weighted by Gasteiger charge is -2.28. The van der Waals surface area contributed by atoms with E-state index in [9.17, 15) is 13.5 Å². The molecule has 188 valence electrons. The number of anilines is 1. The summed E-state index contributed by atoms with van der Waals surface area (Å²) < 4.78 is 34.4. The molecule has 0 saturated heterocycles. The molecule has 0 spiro atoms. The molecule has 0 radical (unpaired) electrons. The van der Waals surface area contributed by atoms with Crippen LogP contribution in [0.15, 0.2) is 65.0 Å². The number of methoxy groups -OCH3 is 1. The van der Waals surface area contributed by atoms with Gasteiger partial charge in [-0.05, 0) is 61.3 Å². The third kappa shape index (κ3) is 4.80. The maximum absolute atomic E-state index is 13.2. The Kier molecular flexibility index (Phi) is 6.90. The van der Waals surface area contributed by atoms with Crippen molar-refractivity contribution < 1.29 is 18.3 Å². The summed E-state index contributed by atoms with van der Waals surface area (Å²) in [5, 5.41) is 13.5. The van der Waals surface area contributed by atoms with Gasteiger partial charge >= 0.3 is 0 Å². The van der Waals surface area contributed by atoms with Crippen molar-refractivity contribution >= 4 is 37.8 Å². The van der Waals surface area contributed by atoms with Crippen LogP contribution in [0.1, 0.15) is 50.5 Å². The van der Waals surface area contributed by atoms with Crippen LogP contribution in [0.5, 0.6) is 11.5 Å². The molecule has 1 fully saturated rings. The maximum Gasteiger partial charge on any atom is 0.280 e. The Labute approximate surface area is 216 Å². The van der Waals surface area contributed by atoms with Gasteiger partial charge in [-0.3, -0.25) is 4.72 Å². The highest BCUT2D eigenvalue weighted by molar-refractivity contribution is 7.92. The summed E-state index contributed by atoms with van der Waals surface area (Å²) >= 11 is 1.30. The molecule has 4 aromatic rings. The molecule has 1 aromatic heterocycles. The Morgan fingerprint density at radius 2 is 1.78 bits per heavy atom. The number of fused-ring (bicyclic) bond motifs is 1. The summed E-state index contributed by atoms with van der Waals surface area (Å²) in [5.41, 5.74) is 2.55. The molecule has 1 heterocycles. The van der Waals surface area contributed by atoms with E-state index in [-0.39, 0.29) is 16.5 Å². The number of benzene rings is 3. The van der Waals surface area contributed by atoms with Gasteiger partial charge in [0, 0.05) is 21.7 Å². The Morgan fingerprint density at radius 1 is 1.03 bits per heavy atom. The number of hydrogen-bond donors (Lipinski definition) is 2. The monoisotopic (exact) mass is 522 g/mol. The van der Waals surface area contributed by atoms with Crippen molar-refractivity contribution in [3.63, 3.8) is 0 Å². The minimum atomic E-state index is -3.94. The smallest absolute Gasteiger partial charge is 0.280 e. The number of phenolic OH excluding ortho intramolecular Hbond substituents is 1. The van der Waals surface area contributed by atoms with Crippen molar-refractivity contribution in [3.05, 3.63) is 65.5 Å². The first-order valence-corrected chi connectivity index (χ1v) is 14.6. The first-order chi connectivity index (χ1) is 17.4. The van der Waals surface area contributed by atoms with Crippen LogP contribution in [0.3, 0.4) is 0 Å². The number of nitrogens with one attached hydrogen (secondary N) is 1. The molecular formula is C28H30N2O4S2. The predicted molar refractivity (Wildman–Crippen MR) is 146 cm³/mol. The zero-order valence-corrected chi connectivity index (χ0v) is 22.0. The summed E-state index contributed by atoms with van der Waals surface area (Å²) in [6, 6.07) is 16.7. The summed E-state index contributed by atoms with van der Waals surface area (Å²) in [7, 11) is -2.47. The molecule has 0 bridgehead atoms. The number of nitrogens with zero attached hydrogens (tertiary/aromatic N) is 1. The number of ether oxygens (including phenoxy) is 1. The van der Waals surface area contributed by atoms with Crippen LogP contribution in [0.25, 0.3) is 21.3 Å². The topological polar surface area (TPSA) is 88.5 Å². The third-order valence-electron chi connectivity index (χ3n) is 7.25. The van der Waals surface area contributed by atoms with Gasteiger partial charge in [0.15, 0.2) is 10.8 Å². The summed E-state index contributed by atoms with van der Waals surface area (Å²) in [6.07, 6.45) is 6.34. The molecule has 1 aliphatic carbocycles. The molecule has 0 aliphatic heterocycles. The van der Waals surface area contributed by atoms with Gasteiger partial charge in [-0.25, -0.2) is 4.98 Å². The number of phenols is 1. The van der Waals surface area contributed by atoms with Crippen LogP contribution in [0.4, 0.5) is 5.69 Å². The van der Waals surface area contributed by atoms with Crippen LogP contribution >= 0.6 is 11.3 Å². The number of sulfonamides is 1. The Hall–Kier alpha value is -3.10. The normalized spacial score (nSPS) is 18.3. The van der Waals surface area contributed by atoms with E-state index >= 15 is 0 Å². The predicted octanol–water partition coefficient (Wildman–Crippen LogP) is 7.16. The fourth-order valence-electron chi connectivity index (χ4n) is 5.13. The number of thiazole rings is 1. The Bertz CT molecular complexity index is 1470. The largest absolute Gasteiger partial charge is 0.507 e. The second kappa shape index (κ2) is 10.1. The van der Waals surface area contributed by atoms with Gasteiger partial charge in [0.25, 0.3) is 10.0 Å². The Morgan fingerprint density at radius 3 is 2.47 bits per heavy atom. The molecule has 2 N–H and O–H groups in total. The van der Waals surface area contributed by atoms with E-state index in [1.165, 1.54) is 56.1 Å². The SMILES string of the molecule is CC[C@H]1CC[C@H](c2ccc(-c3nc(S(=O)(=O)Nc4ccc5c(O)cccc5c4OC)cs3)cc2)CC1. The van der Waals surface area contributed by atoms with Gasteiger partial charge in [0.1, 0.15) is 10.8 Å². The minimum Gasteiger partial charge on any atom is -0.507 e. The second-order valence-corrected chi connectivity index (χ2v) is 11.9. The van der Waals surface area contributed by atoms with Crippen LogP contribution < -0.4 is 9.46 Å². The van der Waals surface area contributed by atoms with Crippen molar-refractivity contribution in [2.24, 2.45) is 5.92 Å². The molecule has 36 heavy (non-hydrogen) atoms. The second-order valence-electron chi connectivity index (χ2n) is 9.36. The van der Waals surface area contributed by atoms with Crippen molar-refractivity contribution in [3.8, 4) is 22.1 Å². The summed E-state index contributed by atoms with van der Waals surface area (Å²) in [5.74, 6) is 1.92. The quantitative estimate of drug-likeness (QED) is 0.269. The van der Waals surface area contributed by atoms with Crippen molar-refractivity contribution in [2.45, 2.75) is 50.0 Å². The first-order valence-electron chi connectivity index (χ1n) is 12.3. The minimum absolute atomic E-state index is 0.0393. The van der Waals surface area contributed by atoms with Gasteiger partial charge in [-0.2, -0.15) is 8.42 Å². The maximum atomic E-state index is 13.2. The summed E-state index contributed by atoms with van der Waals surface area (Å²) in [4.78, 5) is 4.43. The van der Waals surface area contributed by atoms with E-state index in [1.807, 2.05) is 12.1 Å². The van der Waals surface area contributed by atoms with Crippen LogP contribution in [-0.4, -0.2) is 25.6 Å². The zero-order valence-electron chi connectivity index (χ0n) is 20.4. The lowest BCUT2D eigenvalue weighted by molar-refractivity contribution is 0.319. The van der Waals surface area contributed by atoms with Gasteiger partial charge in [-0.1, -0.05) is 49.7 Å². The zero-order chi connectivity index (χ0) is 25.3. The number of hydrogen-bond acceptors (Lipinski definition) is 6. The summed E-state index contributed by atoms with van der Waals surface area (Å²) in [6.45, 7) is 2.28. The molecule has 0 amide bonds. The van der Waals surface area contributed by atoms with E-state index in [2.05, 4.69) is 28.8 Å². The number of rotatable bonds is 7. The molecule has 0 atom stereocenters. The average molecular weight is 523 g/mol. The lowest BCUT2D eigenvalue weighted by atomic mass is 9.78. The Balaban J connectivity index is 1.35. The van der Waals surface area contributed by atoms with E-state index in [0.29, 0.717) is 27.4 Å². The third-order valence-corrected chi connectivity index (χ3v) is 9.54. The fourth-order valence-corrected chi connectivity index (χ4v) is 7.29. The molecule has 3 aromatic carbocycles. The van der Waals surface area contributed by atoms with Crippen molar-refractivity contribution in [2.75, 3.05) is 11.8 Å². The van der Waals surface area contributed by atoms with Crippen LogP contribution in [-0.2, 0) is 10.0 Å². The van der Waals surface area contributed by atoms with Gasteiger partial charge in [0.05, 0.1) is 12.8 Å². The molecule has 1 saturated carbocycles. The van der Waals surface area contributed by atoms with E-state index in [4.69, 9.17) is 4.74 Å². The highest BCUT2D eigenvalue weighted by atomic mass is 32.2. The molecule has 0 unspecified atom stereocenters. The van der Waals surface area contributed by atoms with Gasteiger partial charge in [-0.15, -0.1) is 11.3 Å². The standard InChI is InChI=1S/C28H30N2O4S2/c1-3-18-7-9-19(10-8-18)20-11-13-21(14-12-20)28-29-26(17-35-28)36(32,33)30-24-16-15-22-23(27(24)34-2)5-4-6-25(22)31/h4-6,11-19,30-31H,3,7-10H2,1-2H3/t18-,19-. The van der Waals surface area contributed by atoms with Gasteiger partial charge < -0.3 is 9.84 Å². The highest BCUT2D eigenvalue weighted by Gasteiger charge is 2.23. The van der Waals surface area contributed by atoms with Gasteiger partial charge in [0.2, 0.25) is 0 Å². The van der Waals surface area contributed by atoms with E-state index < -0.39 is 10.0 Å². The van der Waals surface area contributed by atoms with Crippen molar-refractivity contribution in [1.82, 2.24) is 4.98 Å². The van der Waals surface area contributed by atoms with Crippen LogP contribution in [0, 0.1) is 5.92 Å². The van der Waals surface area contributed by atoms with Crippen molar-refractivity contribution in [1.29, 1.82) is 0 Å². The molecule has 5 rings (SSSR count). The molecule has 8 heteroatoms. The fraction of sp³-hybridized carbons (Fsp3) is 0.321.